The van der Waals surface area contributed by atoms with Gasteiger partial charge in [-0.25, -0.2) is 5.43 Å². The van der Waals surface area contributed by atoms with Gasteiger partial charge in [0.05, 0.1) is 11.7 Å². The number of carboxylic acids is 1. The lowest BCUT2D eigenvalue weighted by atomic mass is 10.1. The third-order valence-electron chi connectivity index (χ3n) is 4.04. The van der Waals surface area contributed by atoms with E-state index < -0.39 is 12.6 Å². The minimum Gasteiger partial charge on any atom is -0.546 e. The number of carbonyl (C=O) groups excluding carboxylic acids is 2. The first kappa shape index (κ1) is 21.0. The number of benzene rings is 2. The van der Waals surface area contributed by atoms with Crippen molar-refractivity contribution in [1.29, 1.82) is 0 Å². The van der Waals surface area contributed by atoms with Crippen molar-refractivity contribution in [2.24, 2.45) is 5.10 Å². The number of rotatable bonds is 9. The summed E-state index contributed by atoms with van der Waals surface area (Å²) >= 11 is 0. The van der Waals surface area contributed by atoms with Crippen LogP contribution in [0.3, 0.4) is 0 Å². The maximum Gasteiger partial charge on any atom is 0.277 e. The van der Waals surface area contributed by atoms with Crippen LogP contribution >= 0.6 is 0 Å². The van der Waals surface area contributed by atoms with Crippen molar-refractivity contribution in [2.45, 2.75) is 27.2 Å². The molecule has 0 aromatic heterocycles. The van der Waals surface area contributed by atoms with Crippen LogP contribution in [0.5, 0.6) is 11.5 Å². The molecule has 0 saturated carbocycles. The highest BCUT2D eigenvalue weighted by molar-refractivity contribution is 6.01. The molecular weight excluding hydrogens is 360 g/mol. The molecule has 0 heterocycles. The van der Waals surface area contributed by atoms with Crippen LogP contribution in [0.4, 0.5) is 0 Å². The molecule has 1 amide bonds. The van der Waals surface area contributed by atoms with Gasteiger partial charge in [-0.1, -0.05) is 13.0 Å². The van der Waals surface area contributed by atoms with Crippen molar-refractivity contribution < 1.29 is 24.2 Å². The largest absolute Gasteiger partial charge is 0.546 e. The number of carboxylic acid groups (broad SMARTS) is 1. The number of nitrogens with zero attached hydrogens (tertiary/aromatic N) is 1. The number of amides is 1. The predicted octanol–water partition coefficient (Wildman–Crippen LogP) is 1.74. The van der Waals surface area contributed by atoms with E-state index in [4.69, 9.17) is 9.47 Å². The smallest absolute Gasteiger partial charge is 0.277 e. The van der Waals surface area contributed by atoms with Crippen LogP contribution < -0.4 is 20.0 Å². The Labute approximate surface area is 164 Å². The summed E-state index contributed by atoms with van der Waals surface area (Å²) in [6.45, 7) is 5.25. The van der Waals surface area contributed by atoms with Gasteiger partial charge in [-0.3, -0.25) is 4.79 Å². The van der Waals surface area contributed by atoms with E-state index in [1.807, 2.05) is 39.0 Å². The number of hydrogen-bond acceptors (Lipinski definition) is 6. The van der Waals surface area contributed by atoms with Gasteiger partial charge < -0.3 is 19.4 Å². The molecule has 0 saturated heterocycles. The quantitative estimate of drug-likeness (QED) is 0.525. The molecule has 0 aliphatic heterocycles. The molecule has 0 unspecified atom stereocenters. The van der Waals surface area contributed by atoms with Crippen LogP contribution in [-0.2, 0) is 9.59 Å². The van der Waals surface area contributed by atoms with E-state index in [1.165, 1.54) is 0 Å². The van der Waals surface area contributed by atoms with Gasteiger partial charge in [0.25, 0.3) is 5.91 Å². The average Bonchev–Trinajstić information content (AvgIpc) is 2.68. The molecule has 0 spiro atoms. The lowest BCUT2D eigenvalue weighted by Gasteiger charge is -2.09. The summed E-state index contributed by atoms with van der Waals surface area (Å²) in [5, 5.41) is 14.6. The molecule has 0 fully saturated rings. The second-order valence-electron chi connectivity index (χ2n) is 6.17. The topological polar surface area (TPSA) is 100 Å². The molecular formula is C21H23N2O5-. The lowest BCUT2D eigenvalue weighted by molar-refractivity contribution is -0.307. The third-order valence-corrected chi connectivity index (χ3v) is 4.04. The molecule has 7 nitrogen and oxygen atoms in total. The summed E-state index contributed by atoms with van der Waals surface area (Å²) in [5.74, 6) is -0.608. The number of aliphatic carboxylic acids is 1. The molecule has 0 aliphatic carbocycles. The Morgan fingerprint density at radius 3 is 2.21 bits per heavy atom. The predicted molar refractivity (Wildman–Crippen MR) is 103 cm³/mol. The lowest BCUT2D eigenvalue weighted by Crippen LogP contribution is -2.28. The normalized spacial score (nSPS) is 11.0. The summed E-state index contributed by atoms with van der Waals surface area (Å²) in [7, 11) is 0. The number of nitrogens with one attached hydrogen (secondary N) is 1. The van der Waals surface area contributed by atoms with Crippen LogP contribution in [0.1, 0.15) is 30.0 Å². The number of hydrazone groups is 1. The monoisotopic (exact) mass is 383 g/mol. The summed E-state index contributed by atoms with van der Waals surface area (Å²) in [6, 6.07) is 12.4. The molecule has 0 aliphatic rings. The van der Waals surface area contributed by atoms with Crippen LogP contribution in [-0.4, -0.2) is 30.8 Å². The fourth-order valence-corrected chi connectivity index (χ4v) is 2.35. The minimum atomic E-state index is -1.29. The molecule has 0 atom stereocenters. The van der Waals surface area contributed by atoms with E-state index in [1.54, 1.807) is 24.3 Å². The highest BCUT2D eigenvalue weighted by Crippen LogP contribution is 2.16. The van der Waals surface area contributed by atoms with Gasteiger partial charge in [-0.15, -0.1) is 0 Å². The molecule has 28 heavy (non-hydrogen) atoms. The number of ether oxygens (including phenoxy) is 2. The maximum atomic E-state index is 12.0. The van der Waals surface area contributed by atoms with E-state index in [2.05, 4.69) is 10.5 Å². The van der Waals surface area contributed by atoms with Crippen molar-refractivity contribution in [1.82, 2.24) is 5.43 Å². The van der Waals surface area contributed by atoms with Gasteiger partial charge in [-0.05, 0) is 73.4 Å². The first-order valence-corrected chi connectivity index (χ1v) is 8.87. The van der Waals surface area contributed by atoms with Crippen molar-refractivity contribution in [3.05, 3.63) is 59.2 Å². The van der Waals surface area contributed by atoms with Crippen LogP contribution in [0, 0.1) is 13.8 Å². The molecule has 0 radical (unpaired) electrons. The van der Waals surface area contributed by atoms with Crippen LogP contribution in [0.15, 0.2) is 47.6 Å². The van der Waals surface area contributed by atoms with Gasteiger partial charge in [0.2, 0.25) is 0 Å². The molecule has 2 rings (SSSR count). The molecule has 0 bridgehead atoms. The Hall–Kier alpha value is -3.35. The Balaban J connectivity index is 1.91. The maximum absolute atomic E-state index is 12.0. The van der Waals surface area contributed by atoms with E-state index in [9.17, 15) is 14.7 Å². The SMILES string of the molecule is CC/C(=N/NC(=O)COc1ccc(C)c(C)c1)c1ccc(OCC(=O)[O-])cc1. The Morgan fingerprint density at radius 2 is 1.61 bits per heavy atom. The van der Waals surface area contributed by atoms with Crippen molar-refractivity contribution in [3.8, 4) is 11.5 Å². The summed E-state index contributed by atoms with van der Waals surface area (Å²) in [4.78, 5) is 22.4. The van der Waals surface area contributed by atoms with Crippen LogP contribution in [0.2, 0.25) is 0 Å². The van der Waals surface area contributed by atoms with Gasteiger partial charge in [0, 0.05) is 0 Å². The second kappa shape index (κ2) is 10.1. The zero-order valence-corrected chi connectivity index (χ0v) is 16.2. The Morgan fingerprint density at radius 1 is 0.964 bits per heavy atom. The first-order valence-electron chi connectivity index (χ1n) is 8.87. The zero-order valence-electron chi connectivity index (χ0n) is 16.2. The summed E-state index contributed by atoms with van der Waals surface area (Å²) in [6.07, 6.45) is 0.595. The Bertz CT molecular complexity index is 860. The number of hydrogen-bond donors (Lipinski definition) is 1. The number of carbonyl (C=O) groups is 2. The third kappa shape index (κ3) is 6.42. The minimum absolute atomic E-state index is 0.140. The molecule has 2 aromatic rings. The fourth-order valence-electron chi connectivity index (χ4n) is 2.35. The average molecular weight is 383 g/mol. The highest BCUT2D eigenvalue weighted by atomic mass is 16.5. The molecule has 2 aromatic carbocycles. The fraction of sp³-hybridized carbons (Fsp3) is 0.286. The molecule has 148 valence electrons. The van der Waals surface area contributed by atoms with E-state index >= 15 is 0 Å². The zero-order chi connectivity index (χ0) is 20.5. The van der Waals surface area contributed by atoms with E-state index in [-0.39, 0.29) is 12.5 Å². The van der Waals surface area contributed by atoms with Crippen molar-refractivity contribution in [3.63, 3.8) is 0 Å². The van der Waals surface area contributed by atoms with Crippen LogP contribution in [0.25, 0.3) is 0 Å². The Kier molecular flexibility index (Phi) is 7.56. The van der Waals surface area contributed by atoms with E-state index in [0.717, 1.165) is 16.7 Å². The highest BCUT2D eigenvalue weighted by Gasteiger charge is 2.06. The van der Waals surface area contributed by atoms with Gasteiger partial charge in [0.15, 0.2) is 6.61 Å². The summed E-state index contributed by atoms with van der Waals surface area (Å²) < 4.78 is 10.5. The second-order valence-corrected chi connectivity index (χ2v) is 6.17. The first-order chi connectivity index (χ1) is 13.4. The molecule has 1 N–H and O–H groups in total. The molecule has 7 heteroatoms. The van der Waals surface area contributed by atoms with Gasteiger partial charge in [0.1, 0.15) is 18.1 Å². The van der Waals surface area contributed by atoms with Crippen molar-refractivity contribution >= 4 is 17.6 Å². The summed E-state index contributed by atoms with van der Waals surface area (Å²) in [5.41, 5.74) is 6.20. The standard InChI is InChI=1S/C21H24N2O5/c1-4-19(16-6-9-17(10-7-16)28-13-21(25)26)22-23-20(24)12-27-18-8-5-14(2)15(3)11-18/h5-11H,4,12-13H2,1-3H3,(H,23,24)(H,25,26)/p-1/b22-19-. The van der Waals surface area contributed by atoms with Gasteiger partial charge >= 0.3 is 0 Å². The van der Waals surface area contributed by atoms with Gasteiger partial charge in [-0.2, -0.15) is 5.10 Å². The van der Waals surface area contributed by atoms with E-state index in [0.29, 0.717) is 23.6 Å². The number of aryl methyl sites for hydroxylation is 2. The van der Waals surface area contributed by atoms with Crippen molar-refractivity contribution in [2.75, 3.05) is 13.2 Å².